The highest BCUT2D eigenvalue weighted by Crippen LogP contribution is 2.31. The zero-order valence-corrected chi connectivity index (χ0v) is 9.89. The summed E-state index contributed by atoms with van der Waals surface area (Å²) in [5.41, 5.74) is 0.530. The Labute approximate surface area is 107 Å². The molecule has 0 aromatic carbocycles. The van der Waals surface area contributed by atoms with Gasteiger partial charge in [0.1, 0.15) is 17.9 Å². The molecule has 19 heavy (non-hydrogen) atoms. The molecule has 2 aromatic heterocycles. The summed E-state index contributed by atoms with van der Waals surface area (Å²) in [6.45, 7) is -0.318. The molecule has 7 heteroatoms. The number of aliphatic hydroxyl groups is 3. The van der Waals surface area contributed by atoms with E-state index < -0.39 is 18.2 Å². The normalized spacial score (nSPS) is 26.9. The van der Waals surface area contributed by atoms with Crippen LogP contribution in [-0.4, -0.2) is 48.7 Å². The molecule has 0 saturated carbocycles. The summed E-state index contributed by atoms with van der Waals surface area (Å²) in [6, 6.07) is 1.05. The molecule has 0 spiro atoms. The summed E-state index contributed by atoms with van der Waals surface area (Å²) in [5, 5.41) is 29.3. The summed E-state index contributed by atoms with van der Waals surface area (Å²) in [4.78, 5) is 18.1. The topological polar surface area (TPSA) is 111 Å². The van der Waals surface area contributed by atoms with Crippen LogP contribution >= 0.6 is 0 Å². The lowest BCUT2D eigenvalue weighted by atomic mass is 10.1. The Morgan fingerprint density at radius 1 is 1.42 bits per heavy atom. The minimum Gasteiger partial charge on any atom is -0.392 e. The van der Waals surface area contributed by atoms with E-state index in [4.69, 9.17) is 5.11 Å². The van der Waals surface area contributed by atoms with Crippen LogP contribution in [0.2, 0.25) is 0 Å². The maximum atomic E-state index is 11.6. The van der Waals surface area contributed by atoms with Gasteiger partial charge in [-0.05, 0) is 11.6 Å². The molecule has 0 unspecified atom stereocenters. The van der Waals surface area contributed by atoms with Crippen molar-refractivity contribution in [1.29, 1.82) is 0 Å². The number of nitrogens with one attached hydrogen (secondary N) is 1. The van der Waals surface area contributed by atoms with E-state index in [1.54, 1.807) is 22.9 Å². The first kappa shape index (κ1) is 12.1. The van der Waals surface area contributed by atoms with E-state index in [1.807, 2.05) is 0 Å². The lowest BCUT2D eigenvalue weighted by Gasteiger charge is -2.19. The monoisotopic (exact) mass is 263 g/mol. The summed E-state index contributed by atoms with van der Waals surface area (Å²) < 4.78 is 1.61. The van der Waals surface area contributed by atoms with Crippen molar-refractivity contribution < 1.29 is 15.3 Å². The summed E-state index contributed by atoms with van der Waals surface area (Å²) in [5.74, 6) is 0. The van der Waals surface area contributed by atoms with Crippen molar-refractivity contribution in [3.8, 4) is 0 Å². The maximum Gasteiger partial charge on any atom is 0.260 e. The fourth-order valence-electron chi connectivity index (χ4n) is 2.44. The van der Waals surface area contributed by atoms with Crippen LogP contribution in [0.4, 0.5) is 0 Å². The Balaban J connectivity index is 2.13. The Hall–Kier alpha value is -1.96. The number of aromatic nitrogens is 3. The largest absolute Gasteiger partial charge is 0.392 e. The third-order valence-corrected chi connectivity index (χ3v) is 3.46. The molecule has 0 radical (unpaired) electrons. The highest BCUT2D eigenvalue weighted by molar-refractivity contribution is 5.75. The average molecular weight is 263 g/mol. The van der Waals surface area contributed by atoms with Gasteiger partial charge in [0, 0.05) is 6.20 Å². The van der Waals surface area contributed by atoms with E-state index in [2.05, 4.69) is 9.97 Å². The van der Waals surface area contributed by atoms with E-state index in [0.717, 1.165) is 0 Å². The highest BCUT2D eigenvalue weighted by Gasteiger charge is 2.35. The van der Waals surface area contributed by atoms with Gasteiger partial charge in [-0.15, -0.1) is 0 Å². The molecule has 0 bridgehead atoms. The number of rotatable bonds is 2. The van der Waals surface area contributed by atoms with Gasteiger partial charge in [-0.1, -0.05) is 6.08 Å². The van der Waals surface area contributed by atoms with Crippen molar-refractivity contribution >= 4 is 11.0 Å². The molecule has 4 N–H and O–H groups in total. The summed E-state index contributed by atoms with van der Waals surface area (Å²) >= 11 is 0. The average Bonchev–Trinajstić information content (AvgIpc) is 2.94. The zero-order valence-electron chi connectivity index (χ0n) is 9.89. The molecule has 100 valence electrons. The quantitative estimate of drug-likeness (QED) is 0.515. The lowest BCUT2D eigenvalue weighted by Crippen LogP contribution is -2.30. The van der Waals surface area contributed by atoms with E-state index in [0.29, 0.717) is 16.6 Å². The van der Waals surface area contributed by atoms with Crippen molar-refractivity contribution in [2.24, 2.45) is 0 Å². The van der Waals surface area contributed by atoms with E-state index in [9.17, 15) is 15.0 Å². The van der Waals surface area contributed by atoms with Crippen molar-refractivity contribution in [3.63, 3.8) is 0 Å². The third-order valence-electron chi connectivity index (χ3n) is 3.46. The van der Waals surface area contributed by atoms with Crippen LogP contribution < -0.4 is 5.56 Å². The predicted octanol–water partition coefficient (Wildman–Crippen LogP) is -1.08. The number of aromatic amines is 1. The van der Waals surface area contributed by atoms with Crippen molar-refractivity contribution in [3.05, 3.63) is 40.6 Å². The summed E-state index contributed by atoms with van der Waals surface area (Å²) in [7, 11) is 0. The van der Waals surface area contributed by atoms with Crippen LogP contribution in [0.3, 0.4) is 0 Å². The van der Waals surface area contributed by atoms with Crippen LogP contribution in [-0.2, 0) is 0 Å². The fraction of sp³-hybridized carbons (Fsp3) is 0.333. The van der Waals surface area contributed by atoms with Crippen LogP contribution in [0.25, 0.3) is 11.0 Å². The van der Waals surface area contributed by atoms with Crippen LogP contribution in [0.5, 0.6) is 0 Å². The second-order valence-electron chi connectivity index (χ2n) is 4.52. The molecule has 0 aliphatic heterocycles. The number of hydrogen-bond donors (Lipinski definition) is 4. The first-order chi connectivity index (χ1) is 9.13. The molecule has 1 aliphatic carbocycles. The smallest absolute Gasteiger partial charge is 0.260 e. The molecule has 0 amide bonds. The van der Waals surface area contributed by atoms with Crippen LogP contribution in [0.1, 0.15) is 6.04 Å². The second kappa shape index (κ2) is 4.30. The minimum atomic E-state index is -1.10. The molecule has 2 heterocycles. The second-order valence-corrected chi connectivity index (χ2v) is 4.52. The highest BCUT2D eigenvalue weighted by atomic mass is 16.3. The fourth-order valence-corrected chi connectivity index (χ4v) is 2.44. The maximum absolute atomic E-state index is 11.6. The number of aliphatic hydroxyl groups excluding tert-OH is 3. The minimum absolute atomic E-state index is 0.261. The molecule has 3 atom stereocenters. The van der Waals surface area contributed by atoms with Crippen LogP contribution in [0.15, 0.2) is 35.0 Å². The zero-order chi connectivity index (χ0) is 13.6. The van der Waals surface area contributed by atoms with Gasteiger partial charge in [-0.25, -0.2) is 4.98 Å². The number of nitrogens with zero attached hydrogens (tertiary/aromatic N) is 2. The molecule has 3 rings (SSSR count). The molecule has 7 nitrogen and oxygen atoms in total. The third kappa shape index (κ3) is 1.71. The molecular formula is C12H13N3O4. The molecule has 0 fully saturated rings. The molecule has 0 saturated heterocycles. The number of hydrogen-bond acceptors (Lipinski definition) is 5. The van der Waals surface area contributed by atoms with Gasteiger partial charge >= 0.3 is 0 Å². The van der Waals surface area contributed by atoms with Gasteiger partial charge in [0.2, 0.25) is 0 Å². The Kier molecular flexibility index (Phi) is 2.74. The van der Waals surface area contributed by atoms with E-state index in [1.165, 1.54) is 6.33 Å². The summed E-state index contributed by atoms with van der Waals surface area (Å²) in [6.07, 6.45) is 2.34. The Morgan fingerprint density at radius 2 is 2.21 bits per heavy atom. The SMILES string of the molecule is O=c1[nH]cnc2c1ccn2[C@@H]1C=C(CO)[C@@H](O)[C@H]1O. The standard InChI is InChI=1S/C12H13N3O4/c16-4-6-3-8(10(18)9(6)17)15-2-1-7-11(15)13-5-14-12(7)19/h1-3,5,8-10,16-18H,4H2,(H,13,14,19)/t8-,9-,10+/m1/s1. The Morgan fingerprint density at radius 3 is 2.89 bits per heavy atom. The number of fused-ring (bicyclic) bond motifs is 1. The molecule has 1 aliphatic rings. The van der Waals surface area contributed by atoms with Crippen LogP contribution in [0, 0.1) is 0 Å². The predicted molar refractivity (Wildman–Crippen MR) is 66.6 cm³/mol. The van der Waals surface area contributed by atoms with Gasteiger partial charge in [0.25, 0.3) is 5.56 Å². The van der Waals surface area contributed by atoms with E-state index >= 15 is 0 Å². The number of H-pyrrole nitrogens is 1. The van der Waals surface area contributed by atoms with E-state index in [-0.39, 0.29) is 12.2 Å². The van der Waals surface area contributed by atoms with Gasteiger partial charge in [0.05, 0.1) is 24.4 Å². The van der Waals surface area contributed by atoms with Crippen molar-refractivity contribution in [2.45, 2.75) is 18.2 Å². The van der Waals surface area contributed by atoms with Gasteiger partial charge in [-0.3, -0.25) is 4.79 Å². The van der Waals surface area contributed by atoms with Gasteiger partial charge in [0.15, 0.2) is 0 Å². The first-order valence-corrected chi connectivity index (χ1v) is 5.85. The van der Waals surface area contributed by atoms with Gasteiger partial charge in [-0.2, -0.15) is 0 Å². The molecule has 2 aromatic rings. The van der Waals surface area contributed by atoms with Crippen molar-refractivity contribution in [1.82, 2.24) is 14.5 Å². The first-order valence-electron chi connectivity index (χ1n) is 5.85. The molecular weight excluding hydrogens is 250 g/mol. The lowest BCUT2D eigenvalue weighted by molar-refractivity contribution is 0.0288. The van der Waals surface area contributed by atoms with Crippen molar-refractivity contribution in [2.75, 3.05) is 6.61 Å². The Bertz CT molecular complexity index is 702. The van der Waals surface area contributed by atoms with Gasteiger partial charge < -0.3 is 24.9 Å².